The van der Waals surface area contributed by atoms with Gasteiger partial charge in [-0.05, 0) is 36.8 Å². The molecule has 2 aromatic carbocycles. The molecular formula is C21H22ClN3O3S. The van der Waals surface area contributed by atoms with Crippen molar-refractivity contribution in [2.45, 2.75) is 18.4 Å². The van der Waals surface area contributed by atoms with Gasteiger partial charge < -0.3 is 9.30 Å². The molecule has 0 spiro atoms. The number of halogens is 1. The van der Waals surface area contributed by atoms with Crippen LogP contribution < -0.4 is 0 Å². The minimum absolute atomic E-state index is 0.238. The molecule has 0 saturated carbocycles. The average molecular weight is 432 g/mol. The molecule has 0 N–H and O–H groups in total. The topological polar surface area (TPSA) is 64.4 Å². The van der Waals surface area contributed by atoms with Gasteiger partial charge in [-0.1, -0.05) is 41.9 Å². The first kappa shape index (κ1) is 20.1. The second-order valence-electron chi connectivity index (χ2n) is 6.75. The Morgan fingerprint density at radius 2 is 1.90 bits per heavy atom. The molecule has 0 amide bonds. The van der Waals surface area contributed by atoms with Gasteiger partial charge in [0.05, 0.1) is 34.2 Å². The number of rotatable bonds is 5. The lowest BCUT2D eigenvalue weighted by Crippen LogP contribution is -2.40. The Labute approximate surface area is 175 Å². The minimum atomic E-state index is -3.58. The van der Waals surface area contributed by atoms with E-state index >= 15 is 0 Å². The molecular weight excluding hydrogens is 410 g/mol. The van der Waals surface area contributed by atoms with Crippen LogP contribution in [0.4, 0.5) is 0 Å². The van der Waals surface area contributed by atoms with Crippen molar-refractivity contribution >= 4 is 43.8 Å². The van der Waals surface area contributed by atoms with E-state index in [1.54, 1.807) is 18.2 Å². The summed E-state index contributed by atoms with van der Waals surface area (Å²) in [6.07, 6.45) is 1.86. The first-order valence-corrected chi connectivity index (χ1v) is 11.3. The molecule has 29 heavy (non-hydrogen) atoms. The Morgan fingerprint density at radius 3 is 2.59 bits per heavy atom. The summed E-state index contributed by atoms with van der Waals surface area (Å²) in [5, 5.41) is 0.506. The molecule has 8 heteroatoms. The quantitative estimate of drug-likeness (QED) is 0.616. The summed E-state index contributed by atoms with van der Waals surface area (Å²) >= 11 is 6.58. The molecule has 1 aliphatic heterocycles. The van der Waals surface area contributed by atoms with Crippen LogP contribution >= 0.6 is 11.6 Å². The lowest BCUT2D eigenvalue weighted by atomic mass is 10.2. The molecule has 0 atom stereocenters. The van der Waals surface area contributed by atoms with E-state index in [0.717, 1.165) is 11.1 Å². The number of fused-ring (bicyclic) bond motifs is 1. The maximum atomic E-state index is 13.0. The lowest BCUT2D eigenvalue weighted by Gasteiger charge is -2.26. The molecule has 152 valence electrons. The monoisotopic (exact) mass is 431 g/mol. The maximum absolute atomic E-state index is 13.0. The first-order valence-electron chi connectivity index (χ1n) is 9.51. The van der Waals surface area contributed by atoms with Gasteiger partial charge in [-0.3, -0.25) is 0 Å². The van der Waals surface area contributed by atoms with E-state index in [2.05, 4.69) is 4.98 Å². The second kappa shape index (κ2) is 8.28. The highest BCUT2D eigenvalue weighted by molar-refractivity contribution is 7.89. The number of morpholine rings is 1. The lowest BCUT2D eigenvalue weighted by molar-refractivity contribution is 0.0730. The molecule has 6 nitrogen and oxygen atoms in total. The number of aromatic nitrogens is 2. The number of ether oxygens (including phenoxy) is 1. The van der Waals surface area contributed by atoms with Gasteiger partial charge in [0.15, 0.2) is 5.82 Å². The molecule has 4 rings (SSSR count). The summed E-state index contributed by atoms with van der Waals surface area (Å²) in [5.74, 6) is 0.619. The summed E-state index contributed by atoms with van der Waals surface area (Å²) in [5.41, 5.74) is 2.43. The number of imidazole rings is 1. The largest absolute Gasteiger partial charge is 0.379 e. The molecule has 2 heterocycles. The Hall–Kier alpha value is -2.19. The van der Waals surface area contributed by atoms with Crippen LogP contribution in [0.2, 0.25) is 0 Å². The van der Waals surface area contributed by atoms with Gasteiger partial charge in [-0.15, -0.1) is 0 Å². The van der Waals surface area contributed by atoms with E-state index in [-0.39, 0.29) is 4.90 Å². The van der Waals surface area contributed by atoms with Gasteiger partial charge in [0.25, 0.3) is 0 Å². The van der Waals surface area contributed by atoms with E-state index in [1.165, 1.54) is 4.31 Å². The van der Waals surface area contributed by atoms with Crippen LogP contribution in [0.25, 0.3) is 22.1 Å². The minimum Gasteiger partial charge on any atom is -0.379 e. The van der Waals surface area contributed by atoms with Crippen LogP contribution in [0.1, 0.15) is 18.3 Å². The van der Waals surface area contributed by atoms with Crippen LogP contribution in [-0.4, -0.2) is 48.6 Å². The van der Waals surface area contributed by atoms with Crippen LogP contribution in [0, 0.1) is 0 Å². The zero-order valence-corrected chi connectivity index (χ0v) is 17.7. The second-order valence-corrected chi connectivity index (χ2v) is 9.09. The van der Waals surface area contributed by atoms with Crippen molar-refractivity contribution in [3.05, 3.63) is 59.9 Å². The summed E-state index contributed by atoms with van der Waals surface area (Å²) in [6, 6.07) is 14.8. The summed E-state index contributed by atoms with van der Waals surface area (Å²) < 4.78 is 34.6. The van der Waals surface area contributed by atoms with E-state index in [1.807, 2.05) is 47.9 Å². The van der Waals surface area contributed by atoms with Gasteiger partial charge in [-0.2, -0.15) is 4.31 Å². The SMILES string of the molecule is CCn1c(C(Cl)=Cc2ccccc2)nc2cc(S(=O)(=O)N3CCOCC3)ccc21. The first-order chi connectivity index (χ1) is 14.0. The highest BCUT2D eigenvalue weighted by Gasteiger charge is 2.27. The van der Waals surface area contributed by atoms with Gasteiger partial charge >= 0.3 is 0 Å². The molecule has 1 saturated heterocycles. The summed E-state index contributed by atoms with van der Waals surface area (Å²) in [4.78, 5) is 4.89. The van der Waals surface area contributed by atoms with Crippen molar-refractivity contribution in [2.24, 2.45) is 0 Å². The number of aryl methyl sites for hydroxylation is 1. The number of sulfonamides is 1. The maximum Gasteiger partial charge on any atom is 0.243 e. The van der Waals surface area contributed by atoms with Crippen molar-refractivity contribution in [3.8, 4) is 0 Å². The highest BCUT2D eigenvalue weighted by Crippen LogP contribution is 2.28. The van der Waals surface area contributed by atoms with Crippen molar-refractivity contribution < 1.29 is 13.2 Å². The van der Waals surface area contributed by atoms with E-state index in [0.29, 0.717) is 49.2 Å². The fourth-order valence-corrected chi connectivity index (χ4v) is 5.17. The molecule has 0 aliphatic carbocycles. The molecule has 0 radical (unpaired) electrons. The molecule has 1 aromatic heterocycles. The Kier molecular flexibility index (Phi) is 5.74. The van der Waals surface area contributed by atoms with Crippen LogP contribution in [-0.2, 0) is 21.3 Å². The van der Waals surface area contributed by atoms with Crippen molar-refractivity contribution in [2.75, 3.05) is 26.3 Å². The number of hydrogen-bond acceptors (Lipinski definition) is 4. The third kappa shape index (κ3) is 3.96. The molecule has 0 unspecified atom stereocenters. The molecule has 0 bridgehead atoms. The van der Waals surface area contributed by atoms with Crippen molar-refractivity contribution in [1.82, 2.24) is 13.9 Å². The van der Waals surface area contributed by atoms with E-state index in [4.69, 9.17) is 16.3 Å². The molecule has 3 aromatic rings. The van der Waals surface area contributed by atoms with Crippen molar-refractivity contribution in [1.29, 1.82) is 0 Å². The van der Waals surface area contributed by atoms with Gasteiger partial charge in [0.1, 0.15) is 0 Å². The van der Waals surface area contributed by atoms with Crippen LogP contribution in [0.3, 0.4) is 0 Å². The number of nitrogens with zero attached hydrogens (tertiary/aromatic N) is 3. The normalized spacial score (nSPS) is 16.4. The van der Waals surface area contributed by atoms with Crippen molar-refractivity contribution in [3.63, 3.8) is 0 Å². The average Bonchev–Trinajstić information content (AvgIpc) is 3.13. The van der Waals surface area contributed by atoms with Crippen LogP contribution in [0.5, 0.6) is 0 Å². The van der Waals surface area contributed by atoms with Gasteiger partial charge in [-0.25, -0.2) is 13.4 Å². The Balaban J connectivity index is 1.76. The predicted molar refractivity (Wildman–Crippen MR) is 115 cm³/mol. The highest BCUT2D eigenvalue weighted by atomic mass is 35.5. The van der Waals surface area contributed by atoms with Crippen LogP contribution in [0.15, 0.2) is 53.4 Å². The fourth-order valence-electron chi connectivity index (χ4n) is 3.47. The third-order valence-electron chi connectivity index (χ3n) is 4.95. The van der Waals surface area contributed by atoms with E-state index < -0.39 is 10.0 Å². The standard InChI is InChI=1S/C21H22ClN3O3S/c1-2-25-20-9-8-17(29(26,27)24-10-12-28-13-11-24)15-19(20)23-21(25)18(22)14-16-6-4-3-5-7-16/h3-9,14-15H,2,10-13H2,1H3. The Bertz CT molecular complexity index is 1150. The van der Waals surface area contributed by atoms with Gasteiger partial charge in [0.2, 0.25) is 10.0 Å². The summed E-state index contributed by atoms with van der Waals surface area (Å²) in [6.45, 7) is 4.23. The molecule has 1 fully saturated rings. The van der Waals surface area contributed by atoms with Gasteiger partial charge in [0, 0.05) is 19.6 Å². The zero-order chi connectivity index (χ0) is 20.4. The predicted octanol–water partition coefficient (Wildman–Crippen LogP) is 3.81. The molecule has 1 aliphatic rings. The smallest absolute Gasteiger partial charge is 0.243 e. The summed E-state index contributed by atoms with van der Waals surface area (Å²) in [7, 11) is -3.58. The third-order valence-corrected chi connectivity index (χ3v) is 7.12. The van der Waals surface area contributed by atoms with E-state index in [9.17, 15) is 8.42 Å². The fraction of sp³-hybridized carbons (Fsp3) is 0.286. The zero-order valence-electron chi connectivity index (χ0n) is 16.1. The number of hydrogen-bond donors (Lipinski definition) is 0. The number of benzene rings is 2. The Morgan fingerprint density at radius 1 is 1.17 bits per heavy atom.